The smallest absolute Gasteiger partial charge is 0.0940 e. The minimum Gasteiger partial charge on any atom is -0.394 e. The van der Waals surface area contributed by atoms with E-state index < -0.39 is 0 Å². The predicted octanol–water partition coefficient (Wildman–Crippen LogP) is 2.47. The zero-order valence-corrected chi connectivity index (χ0v) is 13.9. The summed E-state index contributed by atoms with van der Waals surface area (Å²) >= 11 is 0. The molecule has 0 spiro atoms. The van der Waals surface area contributed by atoms with E-state index in [2.05, 4.69) is 41.3 Å². The van der Waals surface area contributed by atoms with Crippen LogP contribution < -0.4 is 0 Å². The molecule has 128 valence electrons. The second-order valence-electron chi connectivity index (χ2n) is 6.24. The van der Waals surface area contributed by atoms with E-state index in [9.17, 15) is 5.11 Å². The Hall–Kier alpha value is -1.72. The van der Waals surface area contributed by atoms with Crippen molar-refractivity contribution in [3.8, 4) is 0 Å². The van der Waals surface area contributed by atoms with Crippen molar-refractivity contribution in [1.82, 2.24) is 4.90 Å². The lowest BCUT2D eigenvalue weighted by Gasteiger charge is -2.37. The van der Waals surface area contributed by atoms with Gasteiger partial charge in [0.2, 0.25) is 0 Å². The molecule has 1 N–H and O–H groups in total. The van der Waals surface area contributed by atoms with Crippen LogP contribution in [0.5, 0.6) is 0 Å². The quantitative estimate of drug-likeness (QED) is 0.848. The van der Waals surface area contributed by atoms with Gasteiger partial charge in [-0.25, -0.2) is 0 Å². The van der Waals surface area contributed by atoms with Crippen molar-refractivity contribution >= 4 is 0 Å². The Labute approximate surface area is 143 Å². The van der Waals surface area contributed by atoms with Gasteiger partial charge in [-0.1, -0.05) is 60.7 Å². The van der Waals surface area contributed by atoms with Crippen LogP contribution in [-0.2, 0) is 22.6 Å². The number of aliphatic hydroxyl groups is 1. The molecule has 1 fully saturated rings. The van der Waals surface area contributed by atoms with Crippen LogP contribution in [0.25, 0.3) is 0 Å². The highest BCUT2D eigenvalue weighted by Crippen LogP contribution is 2.15. The average molecular weight is 327 g/mol. The van der Waals surface area contributed by atoms with E-state index in [0.29, 0.717) is 13.2 Å². The number of rotatable bonds is 7. The van der Waals surface area contributed by atoms with Gasteiger partial charge >= 0.3 is 0 Å². The molecule has 1 heterocycles. The zero-order valence-electron chi connectivity index (χ0n) is 13.9. The van der Waals surface area contributed by atoms with Crippen molar-refractivity contribution in [3.63, 3.8) is 0 Å². The van der Waals surface area contributed by atoms with Gasteiger partial charge in [0.25, 0.3) is 0 Å². The SMILES string of the molecule is OCC1CN(Cc2ccccc2)C[C@H](COCc2ccccc2)O1. The van der Waals surface area contributed by atoms with Crippen LogP contribution >= 0.6 is 0 Å². The van der Waals surface area contributed by atoms with Crippen LogP contribution in [0, 0.1) is 0 Å². The van der Waals surface area contributed by atoms with Gasteiger partial charge in [-0.05, 0) is 11.1 Å². The first-order chi connectivity index (χ1) is 11.8. The Bertz CT molecular complexity index is 590. The largest absolute Gasteiger partial charge is 0.394 e. The maximum Gasteiger partial charge on any atom is 0.0940 e. The summed E-state index contributed by atoms with van der Waals surface area (Å²) in [6.07, 6.45) is -0.156. The monoisotopic (exact) mass is 327 g/mol. The van der Waals surface area contributed by atoms with Crippen LogP contribution in [0.2, 0.25) is 0 Å². The van der Waals surface area contributed by atoms with E-state index in [1.165, 1.54) is 5.56 Å². The van der Waals surface area contributed by atoms with Gasteiger partial charge in [0.15, 0.2) is 0 Å². The lowest BCUT2D eigenvalue weighted by molar-refractivity contribution is -0.130. The Kier molecular flexibility index (Phi) is 6.38. The van der Waals surface area contributed by atoms with Gasteiger partial charge in [0, 0.05) is 19.6 Å². The van der Waals surface area contributed by atoms with Gasteiger partial charge in [-0.3, -0.25) is 4.90 Å². The Morgan fingerprint density at radius 3 is 2.21 bits per heavy atom. The van der Waals surface area contributed by atoms with Crippen LogP contribution in [0.15, 0.2) is 60.7 Å². The van der Waals surface area contributed by atoms with Crippen LogP contribution in [0.3, 0.4) is 0 Å². The van der Waals surface area contributed by atoms with E-state index in [4.69, 9.17) is 9.47 Å². The summed E-state index contributed by atoms with van der Waals surface area (Å²) in [6, 6.07) is 20.5. The van der Waals surface area contributed by atoms with E-state index >= 15 is 0 Å². The van der Waals surface area contributed by atoms with Crippen LogP contribution in [-0.4, -0.2) is 48.5 Å². The molecule has 2 aromatic rings. The van der Waals surface area contributed by atoms with Crippen molar-refractivity contribution in [2.45, 2.75) is 25.4 Å². The molecule has 0 radical (unpaired) electrons. The normalized spacial score (nSPS) is 21.7. The van der Waals surface area contributed by atoms with E-state index in [1.807, 2.05) is 24.3 Å². The third kappa shape index (κ3) is 5.14. The molecule has 2 aromatic carbocycles. The number of hydrogen-bond acceptors (Lipinski definition) is 4. The Morgan fingerprint density at radius 1 is 0.917 bits per heavy atom. The third-order valence-electron chi connectivity index (χ3n) is 4.18. The summed E-state index contributed by atoms with van der Waals surface area (Å²) in [5.41, 5.74) is 2.44. The molecule has 4 nitrogen and oxygen atoms in total. The fourth-order valence-electron chi connectivity index (χ4n) is 3.05. The summed E-state index contributed by atoms with van der Waals surface area (Å²) < 4.78 is 11.7. The first-order valence-electron chi connectivity index (χ1n) is 8.48. The number of benzene rings is 2. The van der Waals surface area contributed by atoms with E-state index in [1.54, 1.807) is 0 Å². The number of morpholine rings is 1. The molecular weight excluding hydrogens is 302 g/mol. The lowest BCUT2D eigenvalue weighted by atomic mass is 10.1. The highest BCUT2D eigenvalue weighted by molar-refractivity contribution is 5.15. The third-order valence-corrected chi connectivity index (χ3v) is 4.18. The molecule has 1 aliphatic heterocycles. The predicted molar refractivity (Wildman–Crippen MR) is 93.6 cm³/mol. The van der Waals surface area contributed by atoms with Gasteiger partial charge < -0.3 is 14.6 Å². The molecule has 1 saturated heterocycles. The van der Waals surface area contributed by atoms with Gasteiger partial charge in [-0.15, -0.1) is 0 Å². The lowest BCUT2D eigenvalue weighted by Crippen LogP contribution is -2.50. The summed E-state index contributed by atoms with van der Waals surface area (Å²) in [5.74, 6) is 0. The second kappa shape index (κ2) is 8.94. The highest BCUT2D eigenvalue weighted by atomic mass is 16.5. The van der Waals surface area contributed by atoms with Crippen molar-refractivity contribution in [2.75, 3.05) is 26.3 Å². The first-order valence-corrected chi connectivity index (χ1v) is 8.48. The van der Waals surface area contributed by atoms with Crippen LogP contribution in [0.1, 0.15) is 11.1 Å². The molecule has 0 saturated carbocycles. The van der Waals surface area contributed by atoms with Gasteiger partial charge in [0.05, 0.1) is 32.0 Å². The minimum atomic E-state index is -0.146. The van der Waals surface area contributed by atoms with E-state index in [-0.39, 0.29) is 18.8 Å². The topological polar surface area (TPSA) is 41.9 Å². The molecule has 0 amide bonds. The van der Waals surface area contributed by atoms with Crippen molar-refractivity contribution in [2.24, 2.45) is 0 Å². The molecule has 0 aromatic heterocycles. The molecule has 0 bridgehead atoms. The van der Waals surface area contributed by atoms with Gasteiger partial charge in [0.1, 0.15) is 0 Å². The molecule has 2 atom stereocenters. The number of ether oxygens (including phenoxy) is 2. The average Bonchev–Trinajstić information content (AvgIpc) is 2.63. The van der Waals surface area contributed by atoms with Crippen LogP contribution in [0.4, 0.5) is 0 Å². The Morgan fingerprint density at radius 2 is 1.54 bits per heavy atom. The standard InChI is InChI=1S/C20H25NO3/c22-14-19-12-21(11-17-7-3-1-4-8-17)13-20(24-19)16-23-15-18-9-5-2-6-10-18/h1-10,19-20,22H,11-16H2/t19?,20-/m1/s1. The molecule has 4 heteroatoms. The number of aliphatic hydroxyl groups excluding tert-OH is 1. The molecule has 1 unspecified atom stereocenters. The molecule has 3 rings (SSSR count). The maximum absolute atomic E-state index is 9.50. The molecular formula is C20H25NO3. The zero-order chi connectivity index (χ0) is 16.6. The number of hydrogen-bond donors (Lipinski definition) is 1. The summed E-state index contributed by atoms with van der Waals surface area (Å²) in [7, 11) is 0. The summed E-state index contributed by atoms with van der Waals surface area (Å²) in [6.45, 7) is 3.61. The molecule has 1 aliphatic rings. The van der Waals surface area contributed by atoms with E-state index in [0.717, 1.165) is 25.2 Å². The van der Waals surface area contributed by atoms with Crippen molar-refractivity contribution in [3.05, 3.63) is 71.8 Å². The fraction of sp³-hybridized carbons (Fsp3) is 0.400. The Balaban J connectivity index is 1.51. The molecule has 24 heavy (non-hydrogen) atoms. The van der Waals surface area contributed by atoms with Crippen molar-refractivity contribution in [1.29, 1.82) is 0 Å². The second-order valence-corrected chi connectivity index (χ2v) is 6.24. The summed E-state index contributed by atoms with van der Waals surface area (Å²) in [4.78, 5) is 2.33. The molecule has 0 aliphatic carbocycles. The fourth-order valence-corrected chi connectivity index (χ4v) is 3.05. The number of nitrogens with zero attached hydrogens (tertiary/aromatic N) is 1. The van der Waals surface area contributed by atoms with Crippen molar-refractivity contribution < 1.29 is 14.6 Å². The minimum absolute atomic E-state index is 0.0108. The van der Waals surface area contributed by atoms with Gasteiger partial charge in [-0.2, -0.15) is 0 Å². The first kappa shape index (κ1) is 17.1. The summed E-state index contributed by atoms with van der Waals surface area (Å²) in [5, 5.41) is 9.50. The highest BCUT2D eigenvalue weighted by Gasteiger charge is 2.27. The maximum atomic E-state index is 9.50.